The van der Waals surface area contributed by atoms with Crippen LogP contribution in [0.15, 0.2) is 46.4 Å². The van der Waals surface area contributed by atoms with Crippen LogP contribution in [0.25, 0.3) is 6.08 Å². The highest BCUT2D eigenvalue weighted by atomic mass is 16.3. The molecule has 0 atom stereocenters. The van der Waals surface area contributed by atoms with E-state index in [1.165, 1.54) is 18.2 Å². The van der Waals surface area contributed by atoms with Gasteiger partial charge in [0.05, 0.1) is 0 Å². The van der Waals surface area contributed by atoms with Gasteiger partial charge in [0.2, 0.25) is 0 Å². The molecule has 1 heterocycles. The van der Waals surface area contributed by atoms with Crippen LogP contribution in [0.5, 0.6) is 5.75 Å². The minimum atomic E-state index is -0.535. The zero-order valence-corrected chi connectivity index (χ0v) is 10.8. The Morgan fingerprint density at radius 2 is 2.00 bits per heavy atom. The summed E-state index contributed by atoms with van der Waals surface area (Å²) in [5.74, 6) is 0.713. The molecule has 2 N–H and O–H groups in total. The van der Waals surface area contributed by atoms with Gasteiger partial charge in [-0.3, -0.25) is 4.79 Å². The maximum absolute atomic E-state index is 11.9. The van der Waals surface area contributed by atoms with Crippen molar-refractivity contribution in [2.45, 2.75) is 6.92 Å². The number of phenols is 1. The molecule has 20 heavy (non-hydrogen) atoms. The van der Waals surface area contributed by atoms with Crippen molar-refractivity contribution in [2.75, 3.05) is 5.32 Å². The maximum Gasteiger partial charge on any atom is 0.266 e. The summed E-state index contributed by atoms with van der Waals surface area (Å²) >= 11 is 0. The van der Waals surface area contributed by atoms with E-state index in [0.717, 1.165) is 0 Å². The second-order valence-corrected chi connectivity index (χ2v) is 4.12. The molecular weight excluding hydrogens is 256 g/mol. The highest BCUT2D eigenvalue weighted by Gasteiger charge is 2.10. The Hall–Kier alpha value is -3.00. The first-order valence-corrected chi connectivity index (χ1v) is 5.87. The molecule has 0 fully saturated rings. The molecule has 0 saturated carbocycles. The number of carbonyl (C=O) groups excluding carboxylic acids is 1. The van der Waals surface area contributed by atoms with E-state index in [0.29, 0.717) is 17.2 Å². The summed E-state index contributed by atoms with van der Waals surface area (Å²) in [5, 5.41) is 20.7. The molecule has 5 nitrogen and oxygen atoms in total. The van der Waals surface area contributed by atoms with Gasteiger partial charge in [0.15, 0.2) is 0 Å². The third kappa shape index (κ3) is 3.27. The number of aryl methyl sites for hydroxylation is 1. The summed E-state index contributed by atoms with van der Waals surface area (Å²) < 4.78 is 5.29. The molecule has 5 heteroatoms. The second kappa shape index (κ2) is 5.76. The summed E-state index contributed by atoms with van der Waals surface area (Å²) in [5.41, 5.74) is 0.428. The molecule has 0 radical (unpaired) electrons. The molecule has 1 aromatic carbocycles. The monoisotopic (exact) mass is 268 g/mol. The van der Waals surface area contributed by atoms with Crippen molar-refractivity contribution < 1.29 is 14.3 Å². The van der Waals surface area contributed by atoms with Crippen LogP contribution in [0, 0.1) is 18.3 Å². The van der Waals surface area contributed by atoms with Gasteiger partial charge in [0.25, 0.3) is 5.91 Å². The fraction of sp³-hybridized carbons (Fsp3) is 0.0667. The van der Waals surface area contributed by atoms with Crippen LogP contribution in [0.2, 0.25) is 0 Å². The molecule has 0 unspecified atom stereocenters. The standard InChI is InChI=1S/C15H12N2O3/c1-10-2-7-14(20-10)8-11(9-16)15(19)17-12-3-5-13(18)6-4-12/h2-8,18H,1H3,(H,17,19). The predicted molar refractivity (Wildman–Crippen MR) is 73.8 cm³/mol. The molecule has 2 aromatic rings. The van der Waals surface area contributed by atoms with Gasteiger partial charge in [-0.25, -0.2) is 0 Å². The number of aromatic hydroxyl groups is 1. The number of anilines is 1. The normalized spacial score (nSPS) is 10.9. The molecule has 1 aromatic heterocycles. The second-order valence-electron chi connectivity index (χ2n) is 4.12. The fourth-order valence-electron chi connectivity index (χ4n) is 1.57. The first-order valence-electron chi connectivity index (χ1n) is 5.87. The number of hydrogen-bond acceptors (Lipinski definition) is 4. The molecular formula is C15H12N2O3. The van der Waals surface area contributed by atoms with Gasteiger partial charge in [-0.2, -0.15) is 5.26 Å². The number of hydrogen-bond donors (Lipinski definition) is 2. The summed E-state index contributed by atoms with van der Waals surface area (Å²) in [7, 11) is 0. The number of furan rings is 1. The van der Waals surface area contributed by atoms with E-state index in [4.69, 9.17) is 14.8 Å². The number of carbonyl (C=O) groups is 1. The number of nitrogens with one attached hydrogen (secondary N) is 1. The van der Waals surface area contributed by atoms with E-state index < -0.39 is 5.91 Å². The number of rotatable bonds is 3. The summed E-state index contributed by atoms with van der Waals surface area (Å²) in [6, 6.07) is 11.2. The van der Waals surface area contributed by atoms with Gasteiger partial charge >= 0.3 is 0 Å². The van der Waals surface area contributed by atoms with Crippen LogP contribution in [0.3, 0.4) is 0 Å². The molecule has 2 rings (SSSR count). The van der Waals surface area contributed by atoms with Crippen molar-refractivity contribution >= 4 is 17.7 Å². The van der Waals surface area contributed by atoms with E-state index in [1.807, 2.05) is 6.07 Å². The highest BCUT2D eigenvalue weighted by molar-refractivity contribution is 6.09. The van der Waals surface area contributed by atoms with Crippen LogP contribution < -0.4 is 5.32 Å². The lowest BCUT2D eigenvalue weighted by Gasteiger charge is -2.03. The molecule has 0 aliphatic heterocycles. The Labute approximate surface area is 115 Å². The lowest BCUT2D eigenvalue weighted by atomic mass is 10.2. The zero-order valence-electron chi connectivity index (χ0n) is 10.8. The summed E-state index contributed by atoms with van der Waals surface area (Å²) in [6.45, 7) is 1.78. The minimum Gasteiger partial charge on any atom is -0.508 e. The number of benzene rings is 1. The SMILES string of the molecule is Cc1ccc(C=C(C#N)C(=O)Nc2ccc(O)cc2)o1. The molecule has 0 bridgehead atoms. The Morgan fingerprint density at radius 3 is 2.55 bits per heavy atom. The van der Waals surface area contributed by atoms with Crippen molar-refractivity contribution in [1.82, 2.24) is 0 Å². The van der Waals surface area contributed by atoms with Crippen LogP contribution in [0.4, 0.5) is 5.69 Å². The zero-order chi connectivity index (χ0) is 14.5. The highest BCUT2D eigenvalue weighted by Crippen LogP contribution is 2.16. The van der Waals surface area contributed by atoms with Gasteiger partial charge < -0.3 is 14.8 Å². The van der Waals surface area contributed by atoms with Gasteiger partial charge in [-0.15, -0.1) is 0 Å². The molecule has 0 aliphatic carbocycles. The van der Waals surface area contributed by atoms with Crippen LogP contribution >= 0.6 is 0 Å². The van der Waals surface area contributed by atoms with Crippen molar-refractivity contribution in [2.24, 2.45) is 0 Å². The first kappa shape index (κ1) is 13.4. The number of amides is 1. The Kier molecular flexibility index (Phi) is 3.87. The van der Waals surface area contributed by atoms with Crippen LogP contribution in [0.1, 0.15) is 11.5 Å². The van der Waals surface area contributed by atoms with Crippen molar-refractivity contribution in [1.29, 1.82) is 5.26 Å². The third-order valence-electron chi connectivity index (χ3n) is 2.54. The average molecular weight is 268 g/mol. The topological polar surface area (TPSA) is 86.3 Å². The van der Waals surface area contributed by atoms with Gasteiger partial charge in [0, 0.05) is 11.8 Å². The van der Waals surface area contributed by atoms with E-state index in [-0.39, 0.29) is 11.3 Å². The largest absolute Gasteiger partial charge is 0.508 e. The predicted octanol–water partition coefficient (Wildman–Crippen LogP) is 2.84. The van der Waals surface area contributed by atoms with Crippen LogP contribution in [-0.4, -0.2) is 11.0 Å². The van der Waals surface area contributed by atoms with Crippen molar-refractivity contribution in [3.8, 4) is 11.8 Å². The smallest absolute Gasteiger partial charge is 0.266 e. The molecule has 1 amide bonds. The number of nitriles is 1. The Morgan fingerprint density at radius 1 is 1.30 bits per heavy atom. The van der Waals surface area contributed by atoms with E-state index >= 15 is 0 Å². The van der Waals surface area contributed by atoms with E-state index in [1.54, 1.807) is 31.2 Å². The van der Waals surface area contributed by atoms with Gasteiger partial charge in [-0.1, -0.05) is 0 Å². The minimum absolute atomic E-state index is 0.0626. The molecule has 0 spiro atoms. The van der Waals surface area contributed by atoms with Crippen LogP contribution in [-0.2, 0) is 4.79 Å². The lowest BCUT2D eigenvalue weighted by Crippen LogP contribution is -2.13. The van der Waals surface area contributed by atoms with Crippen molar-refractivity contribution in [3.63, 3.8) is 0 Å². The van der Waals surface area contributed by atoms with Gasteiger partial charge in [-0.05, 0) is 43.3 Å². The average Bonchev–Trinajstić information content (AvgIpc) is 2.84. The third-order valence-corrected chi connectivity index (χ3v) is 2.54. The van der Waals surface area contributed by atoms with E-state index in [2.05, 4.69) is 5.32 Å². The molecule has 0 saturated heterocycles. The Bertz CT molecular complexity index is 691. The van der Waals surface area contributed by atoms with E-state index in [9.17, 15) is 4.79 Å². The Balaban J connectivity index is 2.16. The maximum atomic E-state index is 11.9. The molecule has 0 aliphatic rings. The van der Waals surface area contributed by atoms with Gasteiger partial charge in [0.1, 0.15) is 28.9 Å². The molecule has 100 valence electrons. The number of nitrogens with zero attached hydrogens (tertiary/aromatic N) is 1. The summed E-state index contributed by atoms with van der Waals surface area (Å²) in [4.78, 5) is 11.9. The first-order chi connectivity index (χ1) is 9.58. The fourth-order valence-corrected chi connectivity index (χ4v) is 1.57. The van der Waals surface area contributed by atoms with Crippen molar-refractivity contribution in [3.05, 3.63) is 53.5 Å². The number of phenolic OH excluding ortho intramolecular Hbond substituents is 1. The lowest BCUT2D eigenvalue weighted by molar-refractivity contribution is -0.112. The quantitative estimate of drug-likeness (QED) is 0.509. The summed E-state index contributed by atoms with van der Waals surface area (Å²) in [6.07, 6.45) is 1.38.